The molecule has 2 saturated heterocycles. The number of nitrogens with zero attached hydrogens (tertiary/aromatic N) is 6. The highest BCUT2D eigenvalue weighted by molar-refractivity contribution is 7.48. The third kappa shape index (κ3) is 4.28. The van der Waals surface area contributed by atoms with Crippen LogP contribution in [0.25, 0.3) is 16.0 Å². The summed E-state index contributed by atoms with van der Waals surface area (Å²) in [6.07, 6.45) is 0.301. The number of phosphoric ester groups is 1. The smallest absolute Gasteiger partial charge is 0.387 e. The van der Waals surface area contributed by atoms with E-state index in [1.807, 2.05) is 0 Å². The Morgan fingerprint density at radius 3 is 2.94 bits per heavy atom. The van der Waals surface area contributed by atoms with Crippen LogP contribution in [-0.2, 0) is 22.9 Å². The summed E-state index contributed by atoms with van der Waals surface area (Å²) in [7, 11) is -4.02. The molecule has 0 radical (unpaired) electrons. The number of phosphoric acid groups is 1. The van der Waals surface area contributed by atoms with Crippen molar-refractivity contribution < 1.29 is 33.1 Å². The van der Waals surface area contributed by atoms with Crippen LogP contribution in [-0.4, -0.2) is 65.7 Å². The molecule has 5 rings (SSSR count). The zero-order valence-corrected chi connectivity index (χ0v) is 19.4. The molecular formula is C20H22N7O7P. The Kier molecular flexibility index (Phi) is 6.02. The highest BCUT2D eigenvalue weighted by Crippen LogP contribution is 2.57. The monoisotopic (exact) mass is 503 g/mol. The van der Waals surface area contributed by atoms with Gasteiger partial charge in [-0.1, -0.05) is 12.6 Å². The van der Waals surface area contributed by atoms with Crippen molar-refractivity contribution >= 4 is 30.6 Å². The molecule has 4 N–H and O–H groups in total. The molecule has 0 aromatic carbocycles. The van der Waals surface area contributed by atoms with E-state index in [4.69, 9.17) is 30.6 Å². The molecule has 5 heterocycles. The first-order valence-corrected chi connectivity index (χ1v) is 12.1. The van der Waals surface area contributed by atoms with E-state index in [0.29, 0.717) is 23.1 Å². The fourth-order valence-electron chi connectivity index (χ4n) is 4.04. The fourth-order valence-corrected chi connectivity index (χ4v) is 5.44. The van der Waals surface area contributed by atoms with E-state index >= 15 is 0 Å². The second kappa shape index (κ2) is 8.89. The lowest BCUT2D eigenvalue weighted by Gasteiger charge is -2.29. The molecule has 0 amide bonds. The number of fused-ring (bicyclic) bond motifs is 1. The number of aliphatic hydroxyl groups is 2. The van der Waals surface area contributed by atoms with Crippen LogP contribution in [0.15, 0.2) is 31.0 Å². The van der Waals surface area contributed by atoms with Gasteiger partial charge in [0.2, 0.25) is 0 Å². The molecule has 0 aliphatic carbocycles. The number of aromatic nitrogens is 5. The van der Waals surface area contributed by atoms with E-state index in [0.717, 1.165) is 0 Å². The Labute approximate surface area is 199 Å². The maximum absolute atomic E-state index is 13.1. The van der Waals surface area contributed by atoms with Crippen LogP contribution < -0.4 is 5.73 Å². The molecule has 35 heavy (non-hydrogen) atoms. The Morgan fingerprint density at radius 2 is 2.20 bits per heavy atom. The van der Waals surface area contributed by atoms with E-state index < -0.39 is 44.6 Å². The normalized spacial score (nSPS) is 33.1. The molecule has 2 fully saturated rings. The summed E-state index contributed by atoms with van der Waals surface area (Å²) in [4.78, 5) is 19.4. The second-order valence-corrected chi connectivity index (χ2v) is 9.92. The molecular weight excluding hydrogens is 481 g/mol. The lowest BCUT2D eigenvalue weighted by Crippen LogP contribution is -2.44. The van der Waals surface area contributed by atoms with Gasteiger partial charge in [-0.05, 0) is 13.0 Å². The summed E-state index contributed by atoms with van der Waals surface area (Å²) in [6.45, 7) is 8.09. The Balaban J connectivity index is 1.29. The highest BCUT2D eigenvalue weighted by atomic mass is 31.2. The van der Waals surface area contributed by atoms with E-state index in [-0.39, 0.29) is 18.2 Å². The van der Waals surface area contributed by atoms with Crippen molar-refractivity contribution in [3.05, 3.63) is 48.0 Å². The predicted octanol–water partition coefficient (Wildman–Crippen LogP) is 1.67. The number of hydrogen-bond donors (Lipinski definition) is 3. The van der Waals surface area contributed by atoms with E-state index in [2.05, 4.69) is 24.8 Å². The van der Waals surface area contributed by atoms with Gasteiger partial charge < -0.3 is 25.5 Å². The van der Waals surface area contributed by atoms with Gasteiger partial charge in [0.1, 0.15) is 42.0 Å². The summed E-state index contributed by atoms with van der Waals surface area (Å²) in [5, 5.41) is 21.8. The molecule has 14 nitrogen and oxygen atoms in total. The largest absolute Gasteiger partial charge is 0.475 e. The third-order valence-electron chi connectivity index (χ3n) is 5.93. The van der Waals surface area contributed by atoms with Gasteiger partial charge in [0, 0.05) is 12.0 Å². The molecule has 184 valence electrons. The minimum atomic E-state index is -4.02. The van der Waals surface area contributed by atoms with Crippen molar-refractivity contribution in [2.45, 2.75) is 43.5 Å². The lowest BCUT2D eigenvalue weighted by atomic mass is 9.96. The zero-order chi connectivity index (χ0) is 24.8. The van der Waals surface area contributed by atoms with Crippen LogP contribution in [0.1, 0.15) is 31.2 Å². The molecule has 3 aromatic rings. The standard InChI is InChI=1S/C20H22N7O7P/c1-20(29)16(28)13(33-19(20)27-10-26-15-17(21)24-9-25-18(15)27)8-32-35(30)31-6-5-12(34-35)11-3-4-14(22-2)23-7-11/h3-4,7,9-10,12-13,16,19,28-29H,5-6,8H2,1H3,(H2,21,24,25)/t12-,13+,16+,19+,20+,35?/m0/s1. The molecule has 1 unspecified atom stereocenters. The Bertz CT molecular complexity index is 1330. The lowest BCUT2D eigenvalue weighted by molar-refractivity contribution is -0.0953. The number of anilines is 1. The first kappa shape index (κ1) is 23.7. The quantitative estimate of drug-likeness (QED) is 0.339. The maximum Gasteiger partial charge on any atom is 0.475 e. The van der Waals surface area contributed by atoms with E-state index in [1.54, 1.807) is 6.07 Å². The molecule has 2 aliphatic heterocycles. The fraction of sp³-hybridized carbons (Fsp3) is 0.450. The molecule has 6 atom stereocenters. The van der Waals surface area contributed by atoms with Gasteiger partial charge in [-0.2, -0.15) is 0 Å². The number of nitrogen functional groups attached to an aromatic ring is 1. The average molecular weight is 503 g/mol. The van der Waals surface area contributed by atoms with Crippen molar-refractivity contribution in [2.75, 3.05) is 18.9 Å². The second-order valence-electron chi connectivity index (χ2n) is 8.30. The number of aliphatic hydroxyl groups excluding tert-OH is 1. The molecule has 0 bridgehead atoms. The molecule has 2 aliphatic rings. The van der Waals surface area contributed by atoms with Crippen LogP contribution >= 0.6 is 7.82 Å². The van der Waals surface area contributed by atoms with E-state index in [1.165, 1.54) is 36.4 Å². The van der Waals surface area contributed by atoms with Crippen LogP contribution in [0.5, 0.6) is 0 Å². The molecule has 3 aromatic heterocycles. The van der Waals surface area contributed by atoms with Crippen LogP contribution in [0.2, 0.25) is 0 Å². The van der Waals surface area contributed by atoms with Crippen molar-refractivity contribution in [2.24, 2.45) is 0 Å². The van der Waals surface area contributed by atoms with Gasteiger partial charge in [-0.3, -0.25) is 18.1 Å². The summed E-state index contributed by atoms with van der Waals surface area (Å²) in [6, 6.07) is 3.20. The predicted molar refractivity (Wildman–Crippen MR) is 119 cm³/mol. The number of pyridine rings is 1. The Morgan fingerprint density at radius 1 is 1.37 bits per heavy atom. The van der Waals surface area contributed by atoms with Crippen molar-refractivity contribution in [1.82, 2.24) is 24.5 Å². The highest BCUT2D eigenvalue weighted by Gasteiger charge is 2.54. The van der Waals surface area contributed by atoms with Crippen LogP contribution in [0, 0.1) is 6.57 Å². The topological polar surface area (TPSA) is 181 Å². The zero-order valence-electron chi connectivity index (χ0n) is 18.5. The summed E-state index contributed by atoms with van der Waals surface area (Å²) in [5.74, 6) is 0.388. The van der Waals surface area contributed by atoms with Crippen molar-refractivity contribution in [3.63, 3.8) is 0 Å². The van der Waals surface area contributed by atoms with E-state index in [9.17, 15) is 14.8 Å². The molecule has 0 spiro atoms. The molecule has 0 saturated carbocycles. The summed E-state index contributed by atoms with van der Waals surface area (Å²) >= 11 is 0. The summed E-state index contributed by atoms with van der Waals surface area (Å²) in [5.41, 5.74) is 5.30. The van der Waals surface area contributed by atoms with Gasteiger partial charge in [0.05, 0.1) is 19.5 Å². The number of hydrogen-bond acceptors (Lipinski definition) is 12. The minimum Gasteiger partial charge on any atom is -0.387 e. The number of ether oxygens (including phenoxy) is 1. The number of imidazole rings is 1. The van der Waals surface area contributed by atoms with Crippen molar-refractivity contribution in [1.29, 1.82) is 0 Å². The van der Waals surface area contributed by atoms with Gasteiger partial charge in [-0.15, -0.1) is 4.98 Å². The Hall–Kier alpha value is -3.02. The first-order valence-electron chi connectivity index (χ1n) is 10.6. The van der Waals surface area contributed by atoms with Gasteiger partial charge >= 0.3 is 7.82 Å². The first-order chi connectivity index (χ1) is 16.7. The average Bonchev–Trinajstić information content (AvgIpc) is 3.37. The minimum absolute atomic E-state index is 0.100. The SMILES string of the molecule is [C-]#[N+]c1ccc([C@@H]2CCOP(=O)(OC[C@H]3O[C@@H](n4cnc5c(N)ncnc54)[C@](C)(O)[C@@H]3O)O2)cn1. The van der Waals surface area contributed by atoms with Crippen LogP contribution in [0.4, 0.5) is 11.6 Å². The summed E-state index contributed by atoms with van der Waals surface area (Å²) < 4.78 is 36.8. The van der Waals surface area contributed by atoms with Crippen molar-refractivity contribution in [3.8, 4) is 0 Å². The third-order valence-corrected chi connectivity index (χ3v) is 7.41. The van der Waals surface area contributed by atoms with Gasteiger partial charge in [0.25, 0.3) is 5.82 Å². The number of rotatable bonds is 5. The van der Waals surface area contributed by atoms with Crippen LogP contribution in [0.3, 0.4) is 0 Å². The van der Waals surface area contributed by atoms with Gasteiger partial charge in [0.15, 0.2) is 17.7 Å². The number of nitrogens with two attached hydrogens (primary N) is 1. The maximum atomic E-state index is 13.1. The molecule has 15 heteroatoms. The van der Waals surface area contributed by atoms with Gasteiger partial charge in [-0.25, -0.2) is 19.5 Å².